The highest BCUT2D eigenvalue weighted by molar-refractivity contribution is 5.64. The molecule has 3 rings (SSSR count). The van der Waals surface area contributed by atoms with Crippen molar-refractivity contribution >= 4 is 0 Å². The molecule has 0 aliphatic heterocycles. The molecule has 4 heteroatoms. The van der Waals surface area contributed by atoms with Crippen LogP contribution in [0.25, 0.3) is 22.8 Å². The van der Waals surface area contributed by atoms with Crippen molar-refractivity contribution < 1.29 is 8.83 Å². The summed E-state index contributed by atoms with van der Waals surface area (Å²) >= 11 is 0. The molecule has 0 atom stereocenters. The molecule has 84 valence electrons. The lowest BCUT2D eigenvalue weighted by Gasteiger charge is -2.00. The number of furan rings is 2. The molecule has 3 aromatic heterocycles. The fourth-order valence-corrected chi connectivity index (χ4v) is 1.69. The highest BCUT2D eigenvalue weighted by Gasteiger charge is 2.07. The monoisotopic (exact) mass is 227 g/mol. The Balaban J connectivity index is 2.17. The molecule has 0 radical (unpaired) electrons. The number of H-pyrrole nitrogens is 1. The molecule has 0 saturated carbocycles. The van der Waals surface area contributed by atoms with Gasteiger partial charge in [0.25, 0.3) is 0 Å². The van der Waals surface area contributed by atoms with Gasteiger partial charge in [-0.25, -0.2) is 0 Å². The van der Waals surface area contributed by atoms with Crippen molar-refractivity contribution in [2.24, 2.45) is 0 Å². The third-order valence-electron chi connectivity index (χ3n) is 2.44. The highest BCUT2D eigenvalue weighted by Crippen LogP contribution is 2.23. The number of pyridine rings is 1. The van der Waals surface area contributed by atoms with Crippen LogP contribution >= 0.6 is 0 Å². The van der Waals surface area contributed by atoms with E-state index in [2.05, 4.69) is 4.98 Å². The van der Waals surface area contributed by atoms with E-state index in [0.717, 1.165) is 5.56 Å². The number of hydrogen-bond donors (Lipinski definition) is 1. The molecular weight excluding hydrogens is 218 g/mol. The molecule has 0 fully saturated rings. The second-order valence-corrected chi connectivity index (χ2v) is 3.60. The topological polar surface area (TPSA) is 59.1 Å². The van der Waals surface area contributed by atoms with E-state index in [9.17, 15) is 4.79 Å². The van der Waals surface area contributed by atoms with E-state index in [4.69, 9.17) is 8.83 Å². The molecule has 0 unspecified atom stereocenters. The lowest BCUT2D eigenvalue weighted by Crippen LogP contribution is -2.05. The van der Waals surface area contributed by atoms with Gasteiger partial charge in [0, 0.05) is 11.6 Å². The van der Waals surface area contributed by atoms with Gasteiger partial charge in [-0.1, -0.05) is 0 Å². The lowest BCUT2D eigenvalue weighted by atomic mass is 10.1. The summed E-state index contributed by atoms with van der Waals surface area (Å²) in [5, 5.41) is 0. The molecule has 1 N–H and O–H groups in total. The Kier molecular flexibility index (Phi) is 2.19. The van der Waals surface area contributed by atoms with E-state index in [0.29, 0.717) is 17.2 Å². The molecule has 0 aromatic carbocycles. The van der Waals surface area contributed by atoms with Crippen molar-refractivity contribution in [3.05, 3.63) is 59.3 Å². The highest BCUT2D eigenvalue weighted by atomic mass is 16.3. The number of aromatic amines is 1. The van der Waals surface area contributed by atoms with Crippen LogP contribution in [-0.2, 0) is 0 Å². The van der Waals surface area contributed by atoms with Crippen LogP contribution in [0.2, 0.25) is 0 Å². The minimum absolute atomic E-state index is 0.190. The summed E-state index contributed by atoms with van der Waals surface area (Å²) in [6, 6.07) is 10.5. The maximum Gasteiger partial charge on any atom is 0.249 e. The summed E-state index contributed by atoms with van der Waals surface area (Å²) in [7, 11) is 0. The predicted molar refractivity (Wildman–Crippen MR) is 62.5 cm³/mol. The summed E-state index contributed by atoms with van der Waals surface area (Å²) in [4.78, 5) is 14.3. The van der Waals surface area contributed by atoms with Crippen LogP contribution < -0.4 is 5.56 Å². The minimum atomic E-state index is -0.190. The number of hydrogen-bond acceptors (Lipinski definition) is 3. The van der Waals surface area contributed by atoms with Gasteiger partial charge in [-0.2, -0.15) is 0 Å². The van der Waals surface area contributed by atoms with Crippen molar-refractivity contribution in [2.75, 3.05) is 0 Å². The van der Waals surface area contributed by atoms with E-state index < -0.39 is 0 Å². The second kappa shape index (κ2) is 3.83. The Morgan fingerprint density at radius 2 is 1.65 bits per heavy atom. The lowest BCUT2D eigenvalue weighted by molar-refractivity contribution is 0.578. The van der Waals surface area contributed by atoms with Crippen molar-refractivity contribution in [3.8, 4) is 22.8 Å². The first-order valence-corrected chi connectivity index (χ1v) is 5.15. The van der Waals surface area contributed by atoms with Crippen LogP contribution in [0.5, 0.6) is 0 Å². The fourth-order valence-electron chi connectivity index (χ4n) is 1.69. The molecule has 0 aliphatic rings. The zero-order valence-electron chi connectivity index (χ0n) is 8.84. The smallest absolute Gasteiger partial charge is 0.249 e. The van der Waals surface area contributed by atoms with E-state index in [1.165, 1.54) is 6.07 Å². The van der Waals surface area contributed by atoms with Crippen LogP contribution in [0.1, 0.15) is 0 Å². The first-order chi connectivity index (χ1) is 8.33. The van der Waals surface area contributed by atoms with Crippen LogP contribution in [0.4, 0.5) is 0 Å². The van der Waals surface area contributed by atoms with E-state index in [-0.39, 0.29) is 5.56 Å². The Labute approximate surface area is 96.5 Å². The molecule has 0 aliphatic carbocycles. The summed E-state index contributed by atoms with van der Waals surface area (Å²) in [5.41, 5.74) is 1.17. The van der Waals surface area contributed by atoms with Gasteiger partial charge >= 0.3 is 0 Å². The van der Waals surface area contributed by atoms with Crippen LogP contribution in [-0.4, -0.2) is 4.98 Å². The summed E-state index contributed by atoms with van der Waals surface area (Å²) in [5.74, 6) is 1.28. The average molecular weight is 227 g/mol. The zero-order valence-corrected chi connectivity index (χ0v) is 8.84. The molecule has 0 bridgehead atoms. The Hall–Kier alpha value is -2.49. The maximum atomic E-state index is 11.6. The largest absolute Gasteiger partial charge is 0.464 e. The molecule has 0 amide bonds. The zero-order chi connectivity index (χ0) is 11.7. The number of rotatable bonds is 2. The number of aromatic nitrogens is 1. The minimum Gasteiger partial charge on any atom is -0.464 e. The Morgan fingerprint density at radius 1 is 0.941 bits per heavy atom. The third-order valence-corrected chi connectivity index (χ3v) is 2.44. The average Bonchev–Trinajstić information content (AvgIpc) is 3.02. The normalized spacial score (nSPS) is 10.6. The molecule has 0 saturated heterocycles. The van der Waals surface area contributed by atoms with Crippen LogP contribution in [0.3, 0.4) is 0 Å². The van der Waals surface area contributed by atoms with Gasteiger partial charge in [-0.15, -0.1) is 0 Å². The van der Waals surface area contributed by atoms with Crippen LogP contribution in [0, 0.1) is 0 Å². The Bertz CT molecular complexity index is 608. The van der Waals surface area contributed by atoms with Crippen molar-refractivity contribution in [1.82, 2.24) is 4.98 Å². The third kappa shape index (κ3) is 1.80. The van der Waals surface area contributed by atoms with Crippen molar-refractivity contribution in [3.63, 3.8) is 0 Å². The maximum absolute atomic E-state index is 11.6. The predicted octanol–water partition coefficient (Wildman–Crippen LogP) is 2.89. The summed E-state index contributed by atoms with van der Waals surface area (Å²) < 4.78 is 10.5. The van der Waals surface area contributed by atoms with Gasteiger partial charge < -0.3 is 13.8 Å². The molecule has 0 spiro atoms. The van der Waals surface area contributed by atoms with E-state index in [1.54, 1.807) is 36.8 Å². The fraction of sp³-hybridized carbons (Fsp3) is 0. The molecule has 3 heterocycles. The van der Waals surface area contributed by atoms with Gasteiger partial charge in [0.2, 0.25) is 5.56 Å². The van der Waals surface area contributed by atoms with Gasteiger partial charge in [-0.05, 0) is 30.3 Å². The van der Waals surface area contributed by atoms with Crippen LogP contribution in [0.15, 0.2) is 62.6 Å². The quantitative estimate of drug-likeness (QED) is 0.732. The second-order valence-electron chi connectivity index (χ2n) is 3.60. The van der Waals surface area contributed by atoms with E-state index >= 15 is 0 Å². The molecule has 4 nitrogen and oxygen atoms in total. The first kappa shape index (κ1) is 9.72. The SMILES string of the molecule is O=c1cc(-c2ccco2)cc(-c2ccco2)[nH]1. The molecule has 17 heavy (non-hydrogen) atoms. The molecular formula is C13H9NO3. The standard InChI is InChI=1S/C13H9NO3/c15-13-8-9(11-3-1-5-16-11)7-10(14-13)12-4-2-6-17-12/h1-8H,(H,14,15). The summed E-state index contributed by atoms with van der Waals surface area (Å²) in [6.07, 6.45) is 3.14. The number of nitrogens with one attached hydrogen (secondary N) is 1. The first-order valence-electron chi connectivity index (χ1n) is 5.15. The Morgan fingerprint density at radius 3 is 2.29 bits per heavy atom. The summed E-state index contributed by atoms with van der Waals surface area (Å²) in [6.45, 7) is 0. The van der Waals surface area contributed by atoms with Gasteiger partial charge in [0.1, 0.15) is 11.5 Å². The molecule has 3 aromatic rings. The van der Waals surface area contributed by atoms with E-state index in [1.807, 2.05) is 6.07 Å². The van der Waals surface area contributed by atoms with Crippen molar-refractivity contribution in [2.45, 2.75) is 0 Å². The van der Waals surface area contributed by atoms with Gasteiger partial charge in [-0.3, -0.25) is 4.79 Å². The van der Waals surface area contributed by atoms with Crippen molar-refractivity contribution in [1.29, 1.82) is 0 Å². The van der Waals surface area contributed by atoms with Gasteiger partial charge in [0.15, 0.2) is 0 Å². The van der Waals surface area contributed by atoms with Gasteiger partial charge in [0.05, 0.1) is 18.2 Å².